The summed E-state index contributed by atoms with van der Waals surface area (Å²) < 4.78 is 11.1. The average Bonchev–Trinajstić information content (AvgIpc) is 2.99. The van der Waals surface area contributed by atoms with Crippen LogP contribution in [-0.2, 0) is 9.59 Å². The van der Waals surface area contributed by atoms with Crippen molar-refractivity contribution in [2.75, 3.05) is 25.6 Å². The van der Waals surface area contributed by atoms with Gasteiger partial charge < -0.3 is 14.8 Å². The molecule has 1 heterocycles. The highest BCUT2D eigenvalue weighted by Gasteiger charge is 2.36. The van der Waals surface area contributed by atoms with Crippen LogP contribution in [-0.4, -0.2) is 42.2 Å². The molecular weight excluding hydrogens is 428 g/mol. The zero-order valence-electron chi connectivity index (χ0n) is 18.5. The van der Waals surface area contributed by atoms with E-state index in [4.69, 9.17) is 9.47 Å². The summed E-state index contributed by atoms with van der Waals surface area (Å²) in [4.78, 5) is 38.6. The van der Waals surface area contributed by atoms with E-state index in [0.717, 1.165) is 22.2 Å². The highest BCUT2D eigenvalue weighted by Crippen LogP contribution is 2.34. The molecule has 0 radical (unpaired) electrons. The lowest BCUT2D eigenvalue weighted by molar-refractivity contribution is -0.127. The fraction of sp³-hybridized carbons (Fsp3) is 0.292. The molecule has 2 aromatic rings. The molecule has 0 saturated carbocycles. The van der Waals surface area contributed by atoms with Crippen molar-refractivity contribution in [3.8, 4) is 11.5 Å². The highest BCUT2D eigenvalue weighted by atomic mass is 32.2. The number of carbonyl (C=O) groups excluding carboxylic acids is 3. The second-order valence-electron chi connectivity index (χ2n) is 7.80. The van der Waals surface area contributed by atoms with Crippen molar-refractivity contribution in [1.29, 1.82) is 0 Å². The molecule has 1 saturated heterocycles. The zero-order valence-corrected chi connectivity index (χ0v) is 19.3. The van der Waals surface area contributed by atoms with Crippen molar-refractivity contribution in [3.63, 3.8) is 0 Å². The minimum Gasteiger partial charge on any atom is -0.493 e. The number of rotatable bonds is 8. The fourth-order valence-electron chi connectivity index (χ4n) is 3.00. The Morgan fingerprint density at radius 1 is 1.16 bits per heavy atom. The van der Waals surface area contributed by atoms with Gasteiger partial charge in [0.2, 0.25) is 5.91 Å². The monoisotopic (exact) mass is 454 g/mol. The predicted octanol–water partition coefficient (Wildman–Crippen LogP) is 4.71. The largest absolute Gasteiger partial charge is 0.493 e. The zero-order chi connectivity index (χ0) is 23.3. The first kappa shape index (κ1) is 23.4. The van der Waals surface area contributed by atoms with Gasteiger partial charge in [-0.05, 0) is 66.1 Å². The lowest BCUT2D eigenvalue weighted by atomic mass is 10.1. The number of imide groups is 1. The van der Waals surface area contributed by atoms with Crippen LogP contribution in [0.15, 0.2) is 47.4 Å². The van der Waals surface area contributed by atoms with Crippen LogP contribution in [0, 0.1) is 12.8 Å². The van der Waals surface area contributed by atoms with Crippen LogP contribution >= 0.6 is 11.8 Å². The summed E-state index contributed by atoms with van der Waals surface area (Å²) in [6.45, 7) is 6.23. The number of ether oxygens (including phenoxy) is 2. The van der Waals surface area contributed by atoms with Gasteiger partial charge in [0.05, 0.1) is 18.6 Å². The Kier molecular flexibility index (Phi) is 7.58. The molecule has 2 aromatic carbocycles. The first-order valence-corrected chi connectivity index (χ1v) is 11.0. The lowest BCUT2D eigenvalue weighted by Crippen LogP contribution is -2.36. The number of nitrogens with one attached hydrogen (secondary N) is 1. The summed E-state index contributed by atoms with van der Waals surface area (Å²) in [6.07, 6.45) is 1.61. The Balaban J connectivity index is 1.70. The first-order valence-electron chi connectivity index (χ1n) is 10.2. The Morgan fingerprint density at radius 2 is 1.94 bits per heavy atom. The van der Waals surface area contributed by atoms with E-state index in [2.05, 4.69) is 19.2 Å². The number of aryl methyl sites for hydroxylation is 1. The van der Waals surface area contributed by atoms with Crippen LogP contribution in [0.1, 0.15) is 25.0 Å². The van der Waals surface area contributed by atoms with E-state index in [-0.39, 0.29) is 11.4 Å². The van der Waals surface area contributed by atoms with Gasteiger partial charge in [0, 0.05) is 5.69 Å². The van der Waals surface area contributed by atoms with Gasteiger partial charge in [-0.3, -0.25) is 19.3 Å². The highest BCUT2D eigenvalue weighted by molar-refractivity contribution is 8.18. The molecule has 0 bridgehead atoms. The number of hydrogen-bond acceptors (Lipinski definition) is 6. The molecule has 0 spiro atoms. The maximum Gasteiger partial charge on any atom is 0.294 e. The van der Waals surface area contributed by atoms with Gasteiger partial charge in [0.15, 0.2) is 11.5 Å². The molecule has 0 atom stereocenters. The molecule has 0 unspecified atom stereocenters. The third kappa shape index (κ3) is 5.91. The average molecular weight is 455 g/mol. The molecule has 1 fully saturated rings. The smallest absolute Gasteiger partial charge is 0.294 e. The molecule has 3 amide bonds. The second kappa shape index (κ2) is 10.4. The summed E-state index contributed by atoms with van der Waals surface area (Å²) in [7, 11) is 1.54. The van der Waals surface area contributed by atoms with Gasteiger partial charge in [-0.1, -0.05) is 32.0 Å². The van der Waals surface area contributed by atoms with Crippen LogP contribution in [0.5, 0.6) is 11.5 Å². The van der Waals surface area contributed by atoms with Crippen molar-refractivity contribution in [1.82, 2.24) is 4.90 Å². The lowest BCUT2D eigenvalue weighted by Gasteiger charge is -2.13. The van der Waals surface area contributed by atoms with Gasteiger partial charge in [-0.25, -0.2) is 0 Å². The van der Waals surface area contributed by atoms with Crippen LogP contribution in [0.3, 0.4) is 0 Å². The number of benzene rings is 2. The number of amides is 3. The fourth-order valence-corrected chi connectivity index (χ4v) is 3.84. The number of thioether (sulfide) groups is 1. The molecular formula is C24H26N2O5S. The Labute approximate surface area is 191 Å². The minimum atomic E-state index is -0.501. The van der Waals surface area contributed by atoms with Gasteiger partial charge in [0.1, 0.15) is 6.54 Å². The summed E-state index contributed by atoms with van der Waals surface area (Å²) in [5.41, 5.74) is 2.30. The van der Waals surface area contributed by atoms with E-state index >= 15 is 0 Å². The maximum atomic E-state index is 12.7. The van der Waals surface area contributed by atoms with Crippen LogP contribution < -0.4 is 14.8 Å². The Bertz CT molecular complexity index is 1060. The summed E-state index contributed by atoms with van der Waals surface area (Å²) in [6, 6.07) is 12.6. The van der Waals surface area contributed by atoms with E-state index in [1.807, 2.05) is 25.1 Å². The topological polar surface area (TPSA) is 84.9 Å². The molecule has 0 aliphatic carbocycles. The number of anilines is 1. The standard InChI is InChI=1S/C24H26N2O5S/c1-15(2)14-31-19-9-8-17(11-20(19)30-4)12-21-23(28)26(24(29)32-21)13-22(27)25-18-7-5-6-16(3)10-18/h5-12,15H,13-14H2,1-4H3,(H,25,27)/b21-12-. The van der Waals surface area contributed by atoms with Crippen molar-refractivity contribution < 1.29 is 23.9 Å². The molecule has 1 aliphatic rings. The molecule has 1 aliphatic heterocycles. The predicted molar refractivity (Wildman–Crippen MR) is 126 cm³/mol. The second-order valence-corrected chi connectivity index (χ2v) is 8.79. The molecule has 7 nitrogen and oxygen atoms in total. The Morgan fingerprint density at radius 3 is 2.62 bits per heavy atom. The van der Waals surface area contributed by atoms with Crippen LogP contribution in [0.25, 0.3) is 6.08 Å². The van der Waals surface area contributed by atoms with Crippen LogP contribution in [0.2, 0.25) is 0 Å². The maximum absolute atomic E-state index is 12.7. The Hall–Kier alpha value is -3.26. The quantitative estimate of drug-likeness (QED) is 0.582. The third-order valence-electron chi connectivity index (χ3n) is 4.53. The molecule has 0 aromatic heterocycles. The van der Waals surface area contributed by atoms with E-state index in [1.165, 1.54) is 0 Å². The number of hydrogen-bond donors (Lipinski definition) is 1. The molecule has 168 valence electrons. The van der Waals surface area contributed by atoms with Crippen molar-refractivity contribution >= 4 is 40.6 Å². The molecule has 8 heteroatoms. The van der Waals surface area contributed by atoms with Gasteiger partial charge in [-0.2, -0.15) is 0 Å². The SMILES string of the molecule is COc1cc(/C=C2\SC(=O)N(CC(=O)Nc3cccc(C)c3)C2=O)ccc1OCC(C)C. The van der Waals surface area contributed by atoms with E-state index in [9.17, 15) is 14.4 Å². The molecule has 1 N–H and O–H groups in total. The van der Waals surface area contributed by atoms with Crippen molar-refractivity contribution in [2.24, 2.45) is 5.92 Å². The van der Waals surface area contributed by atoms with E-state index < -0.39 is 17.1 Å². The normalized spacial score (nSPS) is 14.9. The van der Waals surface area contributed by atoms with Gasteiger partial charge >= 0.3 is 0 Å². The van der Waals surface area contributed by atoms with Crippen molar-refractivity contribution in [2.45, 2.75) is 20.8 Å². The third-order valence-corrected chi connectivity index (χ3v) is 5.44. The first-order chi connectivity index (χ1) is 15.3. The van der Waals surface area contributed by atoms with Gasteiger partial charge in [0.25, 0.3) is 11.1 Å². The molecule has 3 rings (SSSR count). The van der Waals surface area contributed by atoms with Gasteiger partial charge in [-0.15, -0.1) is 0 Å². The van der Waals surface area contributed by atoms with E-state index in [0.29, 0.717) is 35.3 Å². The number of nitrogens with zero attached hydrogens (tertiary/aromatic N) is 1. The van der Waals surface area contributed by atoms with Crippen molar-refractivity contribution in [3.05, 3.63) is 58.5 Å². The van der Waals surface area contributed by atoms with E-state index in [1.54, 1.807) is 37.5 Å². The minimum absolute atomic E-state index is 0.247. The molecule has 32 heavy (non-hydrogen) atoms. The summed E-state index contributed by atoms with van der Waals surface area (Å²) >= 11 is 0.806. The van der Waals surface area contributed by atoms with Crippen LogP contribution in [0.4, 0.5) is 10.5 Å². The number of methoxy groups -OCH3 is 1. The summed E-state index contributed by atoms with van der Waals surface area (Å²) in [5, 5.41) is 2.23. The number of carbonyl (C=O) groups is 3. The summed E-state index contributed by atoms with van der Waals surface area (Å²) in [5.74, 6) is 0.579.